The number of ether oxygens (including phenoxy) is 2. The summed E-state index contributed by atoms with van der Waals surface area (Å²) in [5.74, 6) is 0.786. The van der Waals surface area contributed by atoms with Gasteiger partial charge in [-0.05, 0) is 89.8 Å². The summed E-state index contributed by atoms with van der Waals surface area (Å²) in [7, 11) is 0. The lowest BCUT2D eigenvalue weighted by molar-refractivity contribution is 0.0476. The first-order valence-corrected chi connectivity index (χ1v) is 14.6. The number of benzene rings is 1. The third-order valence-electron chi connectivity index (χ3n) is 7.89. The highest BCUT2D eigenvalue weighted by Gasteiger charge is 2.32. The summed E-state index contributed by atoms with van der Waals surface area (Å²) in [5, 5.41) is 6.11. The predicted molar refractivity (Wildman–Crippen MR) is 155 cm³/mol. The van der Waals surface area contributed by atoms with Gasteiger partial charge in [0, 0.05) is 28.9 Å². The molecule has 0 aliphatic heterocycles. The Morgan fingerprint density at radius 2 is 1.88 bits per heavy atom. The van der Waals surface area contributed by atoms with Crippen LogP contribution in [0.15, 0.2) is 24.5 Å². The van der Waals surface area contributed by atoms with Crippen molar-refractivity contribution in [2.24, 2.45) is 11.8 Å². The molecule has 3 atom stereocenters. The van der Waals surface area contributed by atoms with Crippen LogP contribution in [0, 0.1) is 18.8 Å². The molecule has 11 heteroatoms. The Labute approximate surface area is 244 Å². The van der Waals surface area contributed by atoms with Gasteiger partial charge in [-0.1, -0.05) is 6.92 Å². The molecule has 2 aliphatic carbocycles. The molecular formula is C31H39F2N5O4. The Morgan fingerprint density at radius 1 is 1.12 bits per heavy atom. The average molecular weight is 584 g/mol. The maximum Gasteiger partial charge on any atom is 0.407 e. The number of nitrogens with zero attached hydrogens (tertiary/aromatic N) is 2. The molecular weight excluding hydrogens is 544 g/mol. The van der Waals surface area contributed by atoms with Gasteiger partial charge in [0.25, 0.3) is 12.3 Å². The number of halogens is 2. The second-order valence-corrected chi connectivity index (χ2v) is 12.6. The Bertz CT molecular complexity index is 1460. The molecule has 226 valence electrons. The van der Waals surface area contributed by atoms with Gasteiger partial charge in [-0.2, -0.15) is 0 Å². The van der Waals surface area contributed by atoms with Crippen LogP contribution in [0.25, 0.3) is 22.3 Å². The SMILES string of the molecule is Cc1[nH]c2c(-c3cc(C(F)F)ccc3OCC3CC3)ncnc2c1C(=O)N[C@H]1CC[C@H](NC(=O)OC(C)(C)C)C[C@@H]1C. The van der Waals surface area contributed by atoms with Gasteiger partial charge in [-0.3, -0.25) is 4.79 Å². The van der Waals surface area contributed by atoms with Gasteiger partial charge in [0.1, 0.15) is 28.9 Å². The third kappa shape index (κ3) is 6.82. The van der Waals surface area contributed by atoms with E-state index >= 15 is 0 Å². The first kappa shape index (κ1) is 29.7. The summed E-state index contributed by atoms with van der Waals surface area (Å²) in [4.78, 5) is 37.9. The number of rotatable bonds is 8. The molecule has 2 aromatic heterocycles. The van der Waals surface area contributed by atoms with E-state index in [9.17, 15) is 18.4 Å². The highest BCUT2D eigenvalue weighted by molar-refractivity contribution is 6.09. The molecule has 3 aromatic rings. The highest BCUT2D eigenvalue weighted by Crippen LogP contribution is 2.38. The minimum atomic E-state index is -2.65. The molecule has 0 bridgehead atoms. The van der Waals surface area contributed by atoms with Crippen molar-refractivity contribution in [1.82, 2.24) is 25.6 Å². The molecule has 42 heavy (non-hydrogen) atoms. The van der Waals surface area contributed by atoms with E-state index in [0.717, 1.165) is 12.8 Å². The van der Waals surface area contributed by atoms with Gasteiger partial charge in [-0.15, -0.1) is 0 Å². The van der Waals surface area contributed by atoms with Crippen LogP contribution in [-0.4, -0.2) is 51.2 Å². The van der Waals surface area contributed by atoms with Crippen molar-refractivity contribution in [3.63, 3.8) is 0 Å². The Hall–Kier alpha value is -3.76. The summed E-state index contributed by atoms with van der Waals surface area (Å²) in [6.07, 6.45) is 2.54. The summed E-state index contributed by atoms with van der Waals surface area (Å²) in [6, 6.07) is 4.20. The van der Waals surface area contributed by atoms with E-state index in [1.165, 1.54) is 18.5 Å². The molecule has 0 radical (unpaired) electrons. The minimum Gasteiger partial charge on any atom is -0.493 e. The van der Waals surface area contributed by atoms with Crippen molar-refractivity contribution in [2.45, 2.75) is 90.8 Å². The second kappa shape index (κ2) is 11.9. The number of aromatic amines is 1. The molecule has 5 rings (SSSR count). The summed E-state index contributed by atoms with van der Waals surface area (Å²) in [6.45, 7) is 9.82. The van der Waals surface area contributed by atoms with Crippen LogP contribution in [0.3, 0.4) is 0 Å². The van der Waals surface area contributed by atoms with Gasteiger partial charge in [0.05, 0.1) is 17.7 Å². The molecule has 3 N–H and O–H groups in total. The fourth-order valence-corrected chi connectivity index (χ4v) is 5.55. The zero-order valence-corrected chi connectivity index (χ0v) is 24.7. The molecule has 1 aromatic carbocycles. The lowest BCUT2D eigenvalue weighted by Crippen LogP contribution is -2.48. The van der Waals surface area contributed by atoms with E-state index in [1.807, 2.05) is 20.8 Å². The molecule has 0 spiro atoms. The highest BCUT2D eigenvalue weighted by atomic mass is 19.3. The van der Waals surface area contributed by atoms with E-state index in [1.54, 1.807) is 13.0 Å². The number of nitrogens with one attached hydrogen (secondary N) is 3. The molecule has 0 saturated heterocycles. The van der Waals surface area contributed by atoms with Gasteiger partial charge in [0.2, 0.25) is 0 Å². The molecule has 0 unspecified atom stereocenters. The monoisotopic (exact) mass is 583 g/mol. The quantitative estimate of drug-likeness (QED) is 0.280. The van der Waals surface area contributed by atoms with Gasteiger partial charge < -0.3 is 25.1 Å². The number of aromatic nitrogens is 3. The third-order valence-corrected chi connectivity index (χ3v) is 7.89. The molecule has 2 amide bonds. The lowest BCUT2D eigenvalue weighted by atomic mass is 9.82. The number of H-pyrrole nitrogens is 1. The van der Waals surface area contributed by atoms with E-state index in [0.29, 0.717) is 71.1 Å². The van der Waals surface area contributed by atoms with Crippen LogP contribution < -0.4 is 15.4 Å². The van der Waals surface area contributed by atoms with Gasteiger partial charge in [-0.25, -0.2) is 23.5 Å². The number of fused-ring (bicyclic) bond motifs is 1. The number of hydrogen-bond donors (Lipinski definition) is 3. The number of hydrogen-bond acceptors (Lipinski definition) is 6. The smallest absolute Gasteiger partial charge is 0.407 e. The number of carbonyl (C=O) groups excluding carboxylic acids is 2. The van der Waals surface area contributed by atoms with Crippen molar-refractivity contribution in [3.8, 4) is 17.0 Å². The molecule has 2 fully saturated rings. The van der Waals surface area contributed by atoms with Crippen molar-refractivity contribution >= 4 is 23.0 Å². The number of amides is 2. The van der Waals surface area contributed by atoms with Gasteiger partial charge in [0.15, 0.2) is 0 Å². The fraction of sp³-hybridized carbons (Fsp3) is 0.548. The summed E-state index contributed by atoms with van der Waals surface area (Å²) < 4.78 is 38.7. The standard InChI is InChI=1S/C31H39F2N5O4/c1-16-12-20(37-30(40)42-31(3,4)5)9-10-22(16)38-29(39)24-17(2)36-27-25(34-15-35-26(24)27)21-13-19(28(32)33)8-11-23(21)41-14-18-6-7-18/h8,11,13,15-16,18,20,22,28,36H,6-7,9-10,12,14H2,1-5H3,(H,37,40)(H,38,39)/t16-,20-,22-/m0/s1. The largest absolute Gasteiger partial charge is 0.493 e. The number of carbonyl (C=O) groups is 2. The number of aryl methyl sites for hydroxylation is 1. The van der Waals surface area contributed by atoms with Crippen LogP contribution in [0.4, 0.5) is 13.6 Å². The van der Waals surface area contributed by atoms with Gasteiger partial charge >= 0.3 is 6.09 Å². The van der Waals surface area contributed by atoms with Crippen molar-refractivity contribution < 1.29 is 27.8 Å². The first-order valence-electron chi connectivity index (χ1n) is 14.6. The topological polar surface area (TPSA) is 118 Å². The normalized spacial score (nSPS) is 20.9. The van der Waals surface area contributed by atoms with Crippen LogP contribution in [-0.2, 0) is 4.74 Å². The minimum absolute atomic E-state index is 0.0338. The van der Waals surface area contributed by atoms with E-state index in [2.05, 4.69) is 32.5 Å². The van der Waals surface area contributed by atoms with E-state index in [4.69, 9.17) is 9.47 Å². The molecule has 2 heterocycles. The fourth-order valence-electron chi connectivity index (χ4n) is 5.55. The Morgan fingerprint density at radius 3 is 2.55 bits per heavy atom. The van der Waals surface area contributed by atoms with E-state index < -0.39 is 18.1 Å². The van der Waals surface area contributed by atoms with Crippen molar-refractivity contribution in [3.05, 3.63) is 41.3 Å². The molecule has 2 saturated carbocycles. The van der Waals surface area contributed by atoms with Crippen LogP contribution in [0.1, 0.15) is 87.8 Å². The zero-order chi connectivity index (χ0) is 30.2. The number of alkyl halides is 2. The van der Waals surface area contributed by atoms with Crippen LogP contribution in [0.5, 0.6) is 5.75 Å². The molecule has 2 aliphatic rings. The Balaban J connectivity index is 1.35. The van der Waals surface area contributed by atoms with Crippen molar-refractivity contribution in [2.75, 3.05) is 6.61 Å². The molecule has 9 nitrogen and oxygen atoms in total. The first-order chi connectivity index (χ1) is 19.9. The maximum absolute atomic E-state index is 13.7. The summed E-state index contributed by atoms with van der Waals surface area (Å²) >= 11 is 0. The van der Waals surface area contributed by atoms with Crippen molar-refractivity contribution in [1.29, 1.82) is 0 Å². The number of alkyl carbamates (subject to hydrolysis) is 1. The maximum atomic E-state index is 13.7. The van der Waals surface area contributed by atoms with Crippen LogP contribution >= 0.6 is 0 Å². The summed E-state index contributed by atoms with van der Waals surface area (Å²) in [5.41, 5.74) is 2.01. The second-order valence-electron chi connectivity index (χ2n) is 12.6. The average Bonchev–Trinajstić information content (AvgIpc) is 3.67. The zero-order valence-electron chi connectivity index (χ0n) is 24.7. The predicted octanol–water partition coefficient (Wildman–Crippen LogP) is 6.47. The lowest BCUT2D eigenvalue weighted by Gasteiger charge is -2.35. The van der Waals surface area contributed by atoms with E-state index in [-0.39, 0.29) is 29.5 Å². The Kier molecular flexibility index (Phi) is 8.39. The van der Waals surface area contributed by atoms with Crippen LogP contribution in [0.2, 0.25) is 0 Å².